The molecule has 0 aliphatic heterocycles. The number of rotatable bonds is 6. The Hall–Kier alpha value is -1.81. The van der Waals surface area contributed by atoms with Gasteiger partial charge in [-0.15, -0.1) is 0 Å². The zero-order valence-electron chi connectivity index (χ0n) is 13.5. The normalized spacial score (nSPS) is 13.2. The Labute approximate surface area is 146 Å². The van der Waals surface area contributed by atoms with Gasteiger partial charge < -0.3 is 10.1 Å². The van der Waals surface area contributed by atoms with Gasteiger partial charge in [-0.25, -0.2) is 4.79 Å². The number of carbonyl (C=O) groups excluding carboxylic acids is 1. The van der Waals surface area contributed by atoms with Gasteiger partial charge in [0, 0.05) is 16.4 Å². The van der Waals surface area contributed by atoms with Gasteiger partial charge in [-0.2, -0.15) is 0 Å². The zero-order valence-corrected chi connectivity index (χ0v) is 15.0. The van der Waals surface area contributed by atoms with Crippen molar-refractivity contribution in [2.45, 2.75) is 32.2 Å². The lowest BCUT2D eigenvalue weighted by atomic mass is 9.86. The predicted octanol–water partition coefficient (Wildman–Crippen LogP) is 5.11. The lowest BCUT2D eigenvalue weighted by Crippen LogP contribution is -2.34. The van der Waals surface area contributed by atoms with Crippen LogP contribution in [-0.2, 0) is 4.74 Å². The fraction of sp³-hybridized carbons (Fsp3) is 0.316. The van der Waals surface area contributed by atoms with E-state index in [1.54, 1.807) is 6.92 Å². The molecule has 0 saturated heterocycles. The van der Waals surface area contributed by atoms with Crippen LogP contribution in [0.5, 0.6) is 0 Å². The second-order valence-electron chi connectivity index (χ2n) is 5.52. The average molecular weight is 376 g/mol. The van der Waals surface area contributed by atoms with Crippen molar-refractivity contribution < 1.29 is 9.53 Å². The van der Waals surface area contributed by atoms with Crippen molar-refractivity contribution in [3.05, 3.63) is 70.2 Å². The van der Waals surface area contributed by atoms with Crippen LogP contribution < -0.4 is 5.32 Å². The Kier molecular flexibility index (Phi) is 6.66. The van der Waals surface area contributed by atoms with Gasteiger partial charge in [-0.1, -0.05) is 58.4 Å². The van der Waals surface area contributed by atoms with Gasteiger partial charge in [0.2, 0.25) is 0 Å². The molecule has 0 aliphatic rings. The molecule has 1 N–H and O–H groups in total. The maximum absolute atomic E-state index is 11.6. The molecule has 0 spiro atoms. The first-order valence-corrected chi connectivity index (χ1v) is 8.63. The Morgan fingerprint density at radius 1 is 1.09 bits per heavy atom. The predicted molar refractivity (Wildman–Crippen MR) is 96.7 cm³/mol. The maximum atomic E-state index is 11.6. The molecular formula is C19H22BrNO2. The van der Waals surface area contributed by atoms with E-state index in [4.69, 9.17) is 4.74 Å². The highest BCUT2D eigenvalue weighted by Crippen LogP contribution is 2.30. The van der Waals surface area contributed by atoms with Crippen molar-refractivity contribution in [1.29, 1.82) is 0 Å². The highest BCUT2D eigenvalue weighted by molar-refractivity contribution is 9.10. The molecule has 0 heterocycles. The Morgan fingerprint density at radius 2 is 1.70 bits per heavy atom. The van der Waals surface area contributed by atoms with Gasteiger partial charge >= 0.3 is 6.09 Å². The van der Waals surface area contributed by atoms with Crippen LogP contribution in [0.15, 0.2) is 59.1 Å². The van der Waals surface area contributed by atoms with E-state index in [2.05, 4.69) is 57.6 Å². The molecule has 0 radical (unpaired) electrons. The number of hydrogen-bond donors (Lipinski definition) is 1. The van der Waals surface area contributed by atoms with Gasteiger partial charge in [0.05, 0.1) is 6.61 Å². The number of amides is 1. The van der Waals surface area contributed by atoms with Crippen molar-refractivity contribution in [2.75, 3.05) is 6.61 Å². The van der Waals surface area contributed by atoms with Crippen LogP contribution >= 0.6 is 15.9 Å². The number of hydrogen-bond acceptors (Lipinski definition) is 2. The molecule has 2 aromatic rings. The molecule has 3 nitrogen and oxygen atoms in total. The monoisotopic (exact) mass is 375 g/mol. The number of ether oxygens (including phenoxy) is 1. The summed E-state index contributed by atoms with van der Waals surface area (Å²) < 4.78 is 6.03. The van der Waals surface area contributed by atoms with E-state index in [0.717, 1.165) is 10.9 Å². The number of carbonyl (C=O) groups is 1. The zero-order chi connectivity index (χ0) is 16.7. The highest BCUT2D eigenvalue weighted by Gasteiger charge is 2.19. The summed E-state index contributed by atoms with van der Waals surface area (Å²) in [6, 6.07) is 18.7. The number of benzene rings is 2. The van der Waals surface area contributed by atoms with E-state index in [9.17, 15) is 4.79 Å². The maximum Gasteiger partial charge on any atom is 0.407 e. The number of alkyl carbamates (subject to hydrolysis) is 1. The third-order valence-corrected chi connectivity index (χ3v) is 4.23. The summed E-state index contributed by atoms with van der Waals surface area (Å²) >= 11 is 3.48. The molecule has 0 saturated carbocycles. The molecule has 2 rings (SSSR count). The summed E-state index contributed by atoms with van der Waals surface area (Å²) in [5.41, 5.74) is 2.48. The topological polar surface area (TPSA) is 38.3 Å². The van der Waals surface area contributed by atoms with Crippen molar-refractivity contribution in [3.63, 3.8) is 0 Å². The van der Waals surface area contributed by atoms with Crippen LogP contribution in [0.2, 0.25) is 0 Å². The molecule has 0 aliphatic carbocycles. The fourth-order valence-electron chi connectivity index (χ4n) is 2.63. The second-order valence-corrected chi connectivity index (χ2v) is 6.43. The van der Waals surface area contributed by atoms with Gasteiger partial charge in [-0.05, 0) is 43.5 Å². The molecule has 2 unspecified atom stereocenters. The number of halogens is 1. The van der Waals surface area contributed by atoms with E-state index in [1.807, 2.05) is 25.1 Å². The lowest BCUT2D eigenvalue weighted by Gasteiger charge is -2.23. The lowest BCUT2D eigenvalue weighted by molar-refractivity contribution is 0.148. The first kappa shape index (κ1) is 17.5. The first-order valence-electron chi connectivity index (χ1n) is 7.83. The fourth-order valence-corrected chi connectivity index (χ4v) is 2.90. The van der Waals surface area contributed by atoms with Gasteiger partial charge in [0.1, 0.15) is 0 Å². The smallest absolute Gasteiger partial charge is 0.407 e. The van der Waals surface area contributed by atoms with Gasteiger partial charge in [-0.3, -0.25) is 0 Å². The average Bonchev–Trinajstić information content (AvgIpc) is 2.54. The Balaban J connectivity index is 2.17. The third kappa shape index (κ3) is 5.39. The summed E-state index contributed by atoms with van der Waals surface area (Å²) in [6.07, 6.45) is 0.451. The standard InChI is InChI=1S/C19H22BrNO2/c1-3-23-19(22)21-14(2)13-18(15-7-5-4-6-8-15)16-9-11-17(20)12-10-16/h4-12,14,18H,3,13H2,1-2H3,(H,21,22). The Morgan fingerprint density at radius 3 is 2.30 bits per heavy atom. The molecule has 0 fully saturated rings. The largest absolute Gasteiger partial charge is 0.450 e. The quantitative estimate of drug-likeness (QED) is 0.761. The van der Waals surface area contributed by atoms with Crippen molar-refractivity contribution in [1.82, 2.24) is 5.32 Å². The SMILES string of the molecule is CCOC(=O)NC(C)CC(c1ccccc1)c1ccc(Br)cc1. The van der Waals surface area contributed by atoms with Crippen LogP contribution in [0.25, 0.3) is 0 Å². The van der Waals surface area contributed by atoms with Gasteiger partial charge in [0.15, 0.2) is 0 Å². The van der Waals surface area contributed by atoms with Crippen molar-refractivity contribution in [3.8, 4) is 0 Å². The Bertz CT molecular complexity index is 613. The molecule has 2 atom stereocenters. The summed E-state index contributed by atoms with van der Waals surface area (Å²) in [5.74, 6) is 0.223. The van der Waals surface area contributed by atoms with Crippen LogP contribution in [0, 0.1) is 0 Å². The molecule has 23 heavy (non-hydrogen) atoms. The van der Waals surface area contributed by atoms with Gasteiger partial charge in [0.25, 0.3) is 0 Å². The van der Waals surface area contributed by atoms with E-state index < -0.39 is 0 Å². The van der Waals surface area contributed by atoms with Crippen molar-refractivity contribution >= 4 is 22.0 Å². The van der Waals surface area contributed by atoms with Crippen LogP contribution in [0.1, 0.15) is 37.3 Å². The van der Waals surface area contributed by atoms with Crippen LogP contribution in [0.3, 0.4) is 0 Å². The van der Waals surface area contributed by atoms with E-state index in [0.29, 0.717) is 6.61 Å². The summed E-state index contributed by atoms with van der Waals surface area (Å²) in [6.45, 7) is 4.19. The number of nitrogens with one attached hydrogen (secondary N) is 1. The minimum absolute atomic E-state index is 0.0166. The second kappa shape index (κ2) is 8.73. The summed E-state index contributed by atoms with van der Waals surface area (Å²) in [5, 5.41) is 2.89. The minimum atomic E-state index is -0.359. The van der Waals surface area contributed by atoms with E-state index >= 15 is 0 Å². The summed E-state index contributed by atoms with van der Waals surface area (Å²) in [4.78, 5) is 11.6. The van der Waals surface area contributed by atoms with Crippen molar-refractivity contribution in [2.24, 2.45) is 0 Å². The van der Waals surface area contributed by atoms with Crippen LogP contribution in [0.4, 0.5) is 4.79 Å². The minimum Gasteiger partial charge on any atom is -0.450 e. The molecule has 0 bridgehead atoms. The molecular weight excluding hydrogens is 354 g/mol. The van der Waals surface area contributed by atoms with E-state index in [-0.39, 0.29) is 18.1 Å². The molecule has 4 heteroatoms. The first-order chi connectivity index (χ1) is 11.1. The van der Waals surface area contributed by atoms with Crippen LogP contribution in [-0.4, -0.2) is 18.7 Å². The molecule has 0 aromatic heterocycles. The third-order valence-electron chi connectivity index (χ3n) is 3.70. The molecule has 122 valence electrons. The molecule has 1 amide bonds. The van der Waals surface area contributed by atoms with E-state index in [1.165, 1.54) is 11.1 Å². The molecule has 2 aromatic carbocycles. The highest BCUT2D eigenvalue weighted by atomic mass is 79.9. The summed E-state index contributed by atoms with van der Waals surface area (Å²) in [7, 11) is 0.